The highest BCUT2D eigenvalue weighted by molar-refractivity contribution is 9.10. The Morgan fingerprint density at radius 1 is 0.897 bits per heavy atom. The molecule has 1 fully saturated rings. The largest absolute Gasteiger partial charge is 0.368 e. The molecule has 5 rings (SSSR count). The second-order valence-electron chi connectivity index (χ2n) is 9.18. The summed E-state index contributed by atoms with van der Waals surface area (Å²) in [6, 6.07) is 24.6. The molecule has 0 unspecified atom stereocenters. The van der Waals surface area contributed by atoms with Gasteiger partial charge < -0.3 is 9.80 Å². The molecule has 39 heavy (non-hydrogen) atoms. The van der Waals surface area contributed by atoms with Crippen LogP contribution in [-0.4, -0.2) is 59.6 Å². The van der Waals surface area contributed by atoms with Crippen molar-refractivity contribution in [2.24, 2.45) is 4.99 Å². The first kappa shape index (κ1) is 26.9. The summed E-state index contributed by atoms with van der Waals surface area (Å²) in [7, 11) is 0. The first-order valence-electron chi connectivity index (χ1n) is 12.6. The number of anilines is 2. The number of ketones is 1. The molecule has 0 bridgehead atoms. The highest BCUT2D eigenvalue weighted by atomic mass is 79.9. The van der Waals surface area contributed by atoms with Crippen molar-refractivity contribution in [3.63, 3.8) is 0 Å². The number of hydrogen-bond donors (Lipinski definition) is 0. The summed E-state index contributed by atoms with van der Waals surface area (Å²) in [6.45, 7) is 4.20. The zero-order valence-corrected chi connectivity index (χ0v) is 23.8. The number of benzene rings is 3. The van der Waals surface area contributed by atoms with Crippen molar-refractivity contribution in [2.45, 2.75) is 6.92 Å². The molecule has 3 aromatic rings. The maximum absolute atomic E-state index is 13.4. The topological polar surface area (TPSA) is 73.3 Å². The van der Waals surface area contributed by atoms with E-state index < -0.39 is 0 Å². The summed E-state index contributed by atoms with van der Waals surface area (Å²) in [4.78, 5) is 48.4. The molecule has 198 valence electrons. The number of hydrogen-bond acceptors (Lipinski definition) is 6. The van der Waals surface area contributed by atoms with Crippen LogP contribution in [0.4, 0.5) is 11.4 Å². The molecule has 0 N–H and O–H groups in total. The Morgan fingerprint density at radius 3 is 2.23 bits per heavy atom. The minimum Gasteiger partial charge on any atom is -0.368 e. The quantitative estimate of drug-likeness (QED) is 0.276. The van der Waals surface area contributed by atoms with Crippen LogP contribution in [0.5, 0.6) is 0 Å². The fraction of sp³-hybridized carbons (Fsp3) is 0.200. The maximum atomic E-state index is 13.4. The van der Waals surface area contributed by atoms with Gasteiger partial charge in [0.1, 0.15) is 5.70 Å². The van der Waals surface area contributed by atoms with E-state index in [0.29, 0.717) is 48.3 Å². The molecule has 0 saturated carbocycles. The number of carbonyl (C=O) groups excluding carboxylic acids is 3. The maximum Gasteiger partial charge on any atom is 0.283 e. The summed E-state index contributed by atoms with van der Waals surface area (Å²) in [6.07, 6.45) is 1.76. The van der Waals surface area contributed by atoms with Crippen LogP contribution in [0.3, 0.4) is 0 Å². The second-order valence-corrected chi connectivity index (χ2v) is 11.0. The summed E-state index contributed by atoms with van der Waals surface area (Å²) < 4.78 is 0.872. The van der Waals surface area contributed by atoms with Gasteiger partial charge in [0.2, 0.25) is 5.91 Å². The van der Waals surface area contributed by atoms with Gasteiger partial charge in [-0.15, -0.1) is 0 Å². The number of rotatable bonds is 6. The Kier molecular flexibility index (Phi) is 8.28. The van der Waals surface area contributed by atoms with E-state index in [-0.39, 0.29) is 23.4 Å². The van der Waals surface area contributed by atoms with Crippen LogP contribution >= 0.6 is 27.7 Å². The van der Waals surface area contributed by atoms with E-state index in [1.54, 1.807) is 17.9 Å². The van der Waals surface area contributed by atoms with Crippen molar-refractivity contribution >= 4 is 67.9 Å². The zero-order chi connectivity index (χ0) is 27.4. The molecule has 0 aliphatic carbocycles. The molecule has 9 heteroatoms. The highest BCUT2D eigenvalue weighted by Gasteiger charge is 2.33. The van der Waals surface area contributed by atoms with Gasteiger partial charge in [-0.05, 0) is 61.0 Å². The number of para-hydroxylation sites is 1. The number of nitrogens with zero attached hydrogens (tertiary/aromatic N) is 4. The molecule has 0 radical (unpaired) electrons. The van der Waals surface area contributed by atoms with Crippen LogP contribution in [0.15, 0.2) is 94.0 Å². The van der Waals surface area contributed by atoms with E-state index in [1.807, 2.05) is 83.8 Å². The summed E-state index contributed by atoms with van der Waals surface area (Å²) in [5, 5.41) is 0.488. The molecule has 2 aliphatic heterocycles. The number of carbonyl (C=O) groups is 3. The van der Waals surface area contributed by atoms with Gasteiger partial charge in [0.05, 0.1) is 11.4 Å². The Balaban J connectivity index is 1.25. The first-order valence-corrected chi connectivity index (χ1v) is 14.4. The average Bonchev–Trinajstić information content (AvgIpc) is 3.28. The highest BCUT2D eigenvalue weighted by Crippen LogP contribution is 2.30. The minimum absolute atomic E-state index is 0.0120. The molecule has 2 aliphatic rings. The predicted molar refractivity (Wildman–Crippen MR) is 161 cm³/mol. The van der Waals surface area contributed by atoms with Crippen molar-refractivity contribution in [3.05, 3.63) is 100 Å². The number of thioether (sulfide) groups is 1. The van der Waals surface area contributed by atoms with Crippen molar-refractivity contribution in [2.75, 3.05) is 41.7 Å². The van der Waals surface area contributed by atoms with Gasteiger partial charge in [-0.3, -0.25) is 19.3 Å². The molecular weight excluding hydrogens is 576 g/mol. The average molecular weight is 604 g/mol. The SMILES string of the molecule is CC(=O)c1ccc(N2CCN(C(=O)CSC3=N/C(=C/c4ccccc4Br)C(=O)N3c3ccccc3)CC2)cc1. The third-order valence-corrected chi connectivity index (χ3v) is 8.28. The van der Waals surface area contributed by atoms with E-state index in [4.69, 9.17) is 0 Å². The fourth-order valence-corrected chi connectivity index (χ4v) is 5.79. The summed E-state index contributed by atoms with van der Waals surface area (Å²) in [5.74, 6) is 0.0177. The van der Waals surface area contributed by atoms with Gasteiger partial charge in [-0.1, -0.05) is 64.1 Å². The van der Waals surface area contributed by atoms with Gasteiger partial charge in [-0.2, -0.15) is 0 Å². The summed E-state index contributed by atoms with van der Waals surface area (Å²) in [5.41, 5.74) is 3.63. The first-order chi connectivity index (χ1) is 18.9. The number of aliphatic imine (C=N–C) groups is 1. The lowest BCUT2D eigenvalue weighted by Crippen LogP contribution is -2.49. The lowest BCUT2D eigenvalue weighted by molar-refractivity contribution is -0.128. The van der Waals surface area contributed by atoms with E-state index in [1.165, 1.54) is 11.8 Å². The van der Waals surface area contributed by atoms with Gasteiger partial charge in [-0.25, -0.2) is 4.99 Å². The molecule has 1 saturated heterocycles. The standard InChI is InChI=1S/C30H27BrN4O3S/c1-21(36)22-11-13-24(14-12-22)33-15-17-34(18-16-33)28(37)20-39-30-32-27(19-23-7-5-6-10-26(23)31)29(38)35(30)25-8-3-2-4-9-25/h2-14,19H,15-18,20H2,1H3/b27-19+. The number of Topliss-reactive ketones (excluding diaryl/α,β-unsaturated/α-hetero) is 1. The van der Waals surface area contributed by atoms with Gasteiger partial charge in [0, 0.05) is 41.9 Å². The monoisotopic (exact) mass is 602 g/mol. The normalized spacial score (nSPS) is 16.6. The number of piperazine rings is 1. The minimum atomic E-state index is -0.226. The number of amides is 2. The molecular formula is C30H27BrN4O3S. The van der Waals surface area contributed by atoms with Crippen LogP contribution in [0.1, 0.15) is 22.8 Å². The van der Waals surface area contributed by atoms with Crippen LogP contribution < -0.4 is 9.80 Å². The van der Waals surface area contributed by atoms with Gasteiger partial charge in [0.15, 0.2) is 11.0 Å². The number of halogens is 1. The van der Waals surface area contributed by atoms with Gasteiger partial charge >= 0.3 is 0 Å². The van der Waals surface area contributed by atoms with E-state index in [0.717, 1.165) is 15.7 Å². The fourth-order valence-electron chi connectivity index (χ4n) is 4.48. The Bertz CT molecular complexity index is 1450. The second kappa shape index (κ2) is 12.0. The molecule has 2 amide bonds. The van der Waals surface area contributed by atoms with Crippen molar-refractivity contribution in [1.29, 1.82) is 0 Å². The lowest BCUT2D eigenvalue weighted by atomic mass is 10.1. The third-order valence-electron chi connectivity index (χ3n) is 6.64. The number of amidine groups is 1. The summed E-state index contributed by atoms with van der Waals surface area (Å²) >= 11 is 4.81. The molecule has 0 aromatic heterocycles. The smallest absolute Gasteiger partial charge is 0.283 e. The van der Waals surface area contributed by atoms with Gasteiger partial charge in [0.25, 0.3) is 5.91 Å². The molecule has 2 heterocycles. The van der Waals surface area contributed by atoms with Crippen LogP contribution in [-0.2, 0) is 9.59 Å². The Labute approximate surface area is 240 Å². The third kappa shape index (κ3) is 6.15. The van der Waals surface area contributed by atoms with Crippen LogP contribution in [0, 0.1) is 0 Å². The Morgan fingerprint density at radius 2 is 1.56 bits per heavy atom. The predicted octanol–water partition coefficient (Wildman–Crippen LogP) is 5.48. The Hall–Kier alpha value is -3.69. The van der Waals surface area contributed by atoms with Crippen molar-refractivity contribution < 1.29 is 14.4 Å². The molecule has 0 spiro atoms. The molecule has 7 nitrogen and oxygen atoms in total. The van der Waals surface area contributed by atoms with Crippen LogP contribution in [0.2, 0.25) is 0 Å². The van der Waals surface area contributed by atoms with Crippen LogP contribution in [0.25, 0.3) is 6.08 Å². The lowest BCUT2D eigenvalue weighted by Gasteiger charge is -2.36. The molecule has 0 atom stereocenters. The van der Waals surface area contributed by atoms with Crippen molar-refractivity contribution in [1.82, 2.24) is 4.90 Å². The van der Waals surface area contributed by atoms with E-state index in [9.17, 15) is 14.4 Å². The molecule has 3 aromatic carbocycles. The van der Waals surface area contributed by atoms with Crippen molar-refractivity contribution in [3.8, 4) is 0 Å². The zero-order valence-electron chi connectivity index (χ0n) is 21.4. The van der Waals surface area contributed by atoms with E-state index >= 15 is 0 Å². The van der Waals surface area contributed by atoms with E-state index in [2.05, 4.69) is 25.8 Å².